The summed E-state index contributed by atoms with van der Waals surface area (Å²) in [7, 11) is 1.06. The largest absolute Gasteiger partial charge is 0.248 e. The Morgan fingerprint density at radius 1 is 0.895 bits per heavy atom. The molecule has 0 fully saturated rings. The van der Waals surface area contributed by atoms with Gasteiger partial charge in [-0.2, -0.15) is 0 Å². The van der Waals surface area contributed by atoms with Crippen LogP contribution in [0.5, 0.6) is 0 Å². The smallest absolute Gasteiger partial charge is 0.0709 e. The van der Waals surface area contributed by atoms with Crippen molar-refractivity contribution in [1.82, 2.24) is 4.98 Å². The molecule has 1 nitrogen and oxygen atoms in total. The summed E-state index contributed by atoms with van der Waals surface area (Å²) < 4.78 is 0. The first-order valence-corrected chi connectivity index (χ1v) is 7.58. The summed E-state index contributed by atoms with van der Waals surface area (Å²) in [5.41, 5.74) is 5.94. The van der Waals surface area contributed by atoms with Gasteiger partial charge in [-0.3, -0.25) is 0 Å². The van der Waals surface area contributed by atoms with E-state index >= 15 is 0 Å². The maximum atomic E-state index is 4.81. The van der Waals surface area contributed by atoms with Crippen molar-refractivity contribution in [1.29, 1.82) is 0 Å². The van der Waals surface area contributed by atoms with Gasteiger partial charge in [0.2, 0.25) is 0 Å². The highest BCUT2D eigenvalue weighted by atomic mass is 28.1. The SMILES string of the molecule is Cc1cc(C)cc(-c2ccc3c([SiH3])cccc3n2)c1. The summed E-state index contributed by atoms with van der Waals surface area (Å²) in [5.74, 6) is 0. The molecule has 0 amide bonds. The van der Waals surface area contributed by atoms with Crippen LogP contribution >= 0.6 is 0 Å². The summed E-state index contributed by atoms with van der Waals surface area (Å²) in [5, 5.41) is 2.71. The average Bonchev–Trinajstić information content (AvgIpc) is 2.37. The Morgan fingerprint density at radius 2 is 1.63 bits per heavy atom. The Hall–Kier alpha value is -1.93. The second-order valence-electron chi connectivity index (χ2n) is 5.21. The van der Waals surface area contributed by atoms with Crippen molar-refractivity contribution in [2.45, 2.75) is 13.8 Å². The number of fused-ring (bicyclic) bond motifs is 1. The number of benzene rings is 2. The van der Waals surface area contributed by atoms with Gasteiger partial charge in [-0.15, -0.1) is 0 Å². The minimum Gasteiger partial charge on any atom is -0.248 e. The number of aryl methyl sites for hydroxylation is 2. The highest BCUT2D eigenvalue weighted by Crippen LogP contribution is 2.22. The summed E-state index contributed by atoms with van der Waals surface area (Å²) in [6.45, 7) is 4.26. The van der Waals surface area contributed by atoms with Crippen LogP contribution in [0.4, 0.5) is 0 Å². The van der Waals surface area contributed by atoms with Gasteiger partial charge >= 0.3 is 0 Å². The van der Waals surface area contributed by atoms with Crippen molar-refractivity contribution in [3.8, 4) is 11.3 Å². The summed E-state index contributed by atoms with van der Waals surface area (Å²) in [6, 6.07) is 17.3. The van der Waals surface area contributed by atoms with Crippen LogP contribution in [-0.4, -0.2) is 15.2 Å². The quantitative estimate of drug-likeness (QED) is 0.615. The Balaban J connectivity index is 2.20. The molecule has 3 rings (SSSR count). The molecule has 0 bridgehead atoms. The Morgan fingerprint density at radius 3 is 2.37 bits per heavy atom. The first-order chi connectivity index (χ1) is 9.13. The Labute approximate surface area is 116 Å². The molecule has 1 heterocycles. The molecule has 2 heteroatoms. The Kier molecular flexibility index (Phi) is 2.95. The molecular weight excluding hydrogens is 246 g/mol. The van der Waals surface area contributed by atoms with Crippen LogP contribution in [0.15, 0.2) is 48.5 Å². The van der Waals surface area contributed by atoms with Crippen LogP contribution in [0.2, 0.25) is 0 Å². The molecule has 0 saturated carbocycles. The monoisotopic (exact) mass is 263 g/mol. The fourth-order valence-corrected chi connectivity index (χ4v) is 3.21. The van der Waals surface area contributed by atoms with Crippen molar-refractivity contribution in [2.75, 3.05) is 0 Å². The number of pyridine rings is 1. The van der Waals surface area contributed by atoms with E-state index in [1.165, 1.54) is 27.3 Å². The normalized spacial score (nSPS) is 11.1. The zero-order valence-electron chi connectivity index (χ0n) is 11.6. The van der Waals surface area contributed by atoms with E-state index in [9.17, 15) is 0 Å². The lowest BCUT2D eigenvalue weighted by Crippen LogP contribution is -2.03. The lowest BCUT2D eigenvalue weighted by atomic mass is 10.0. The number of hydrogen-bond donors (Lipinski definition) is 0. The topological polar surface area (TPSA) is 12.9 Å². The maximum absolute atomic E-state index is 4.81. The third-order valence-electron chi connectivity index (χ3n) is 3.47. The van der Waals surface area contributed by atoms with Gasteiger partial charge in [0.05, 0.1) is 11.2 Å². The number of nitrogens with zero attached hydrogens (tertiary/aromatic N) is 1. The van der Waals surface area contributed by atoms with Crippen molar-refractivity contribution in [2.24, 2.45) is 0 Å². The minimum absolute atomic E-state index is 1.06. The molecule has 0 aliphatic carbocycles. The standard InChI is InChI=1S/C17H17NSi/c1-11-8-12(2)10-13(9-11)15-7-6-14-16(18-15)4-3-5-17(14)19/h3-10H,1-2,19H3. The molecule has 19 heavy (non-hydrogen) atoms. The van der Waals surface area contributed by atoms with E-state index in [1.54, 1.807) is 0 Å². The lowest BCUT2D eigenvalue weighted by molar-refractivity contribution is 1.34. The number of rotatable bonds is 1. The molecule has 3 aromatic rings. The van der Waals surface area contributed by atoms with Crippen LogP contribution in [0.25, 0.3) is 22.2 Å². The fourth-order valence-electron chi connectivity index (χ4n) is 2.59. The predicted octanol–water partition coefficient (Wildman–Crippen LogP) is 2.51. The minimum atomic E-state index is 1.06. The lowest BCUT2D eigenvalue weighted by Gasteiger charge is -2.07. The molecular formula is C17H17NSi. The van der Waals surface area contributed by atoms with Crippen LogP contribution in [0.1, 0.15) is 11.1 Å². The summed E-state index contributed by atoms with van der Waals surface area (Å²) in [6.07, 6.45) is 0. The van der Waals surface area contributed by atoms with E-state index < -0.39 is 0 Å². The highest BCUT2D eigenvalue weighted by molar-refractivity contribution is 6.38. The molecule has 0 saturated heterocycles. The van der Waals surface area contributed by atoms with Gasteiger partial charge in [-0.25, -0.2) is 4.98 Å². The molecule has 94 valence electrons. The van der Waals surface area contributed by atoms with Gasteiger partial charge in [-0.05, 0) is 43.5 Å². The van der Waals surface area contributed by atoms with Crippen molar-refractivity contribution in [3.05, 3.63) is 59.7 Å². The van der Waals surface area contributed by atoms with Gasteiger partial charge in [0.15, 0.2) is 0 Å². The van der Waals surface area contributed by atoms with Gasteiger partial charge < -0.3 is 0 Å². The molecule has 0 radical (unpaired) electrons. The van der Waals surface area contributed by atoms with E-state index in [-0.39, 0.29) is 0 Å². The second-order valence-corrected chi connectivity index (χ2v) is 6.29. The molecule has 0 atom stereocenters. The second kappa shape index (κ2) is 4.63. The van der Waals surface area contributed by atoms with Crippen molar-refractivity contribution >= 4 is 26.3 Å². The first kappa shape index (κ1) is 12.1. The molecule has 0 aliphatic heterocycles. The van der Waals surface area contributed by atoms with E-state index in [1.807, 2.05) is 0 Å². The average molecular weight is 263 g/mol. The Bertz CT molecular complexity index is 742. The van der Waals surface area contributed by atoms with E-state index in [0.717, 1.165) is 21.5 Å². The number of aromatic nitrogens is 1. The third kappa shape index (κ3) is 2.31. The van der Waals surface area contributed by atoms with Crippen LogP contribution in [0, 0.1) is 13.8 Å². The molecule has 0 spiro atoms. The van der Waals surface area contributed by atoms with E-state index in [0.29, 0.717) is 0 Å². The van der Waals surface area contributed by atoms with Crippen LogP contribution < -0.4 is 5.19 Å². The zero-order valence-corrected chi connectivity index (χ0v) is 13.6. The van der Waals surface area contributed by atoms with E-state index in [4.69, 9.17) is 4.98 Å². The van der Waals surface area contributed by atoms with Crippen LogP contribution in [-0.2, 0) is 0 Å². The van der Waals surface area contributed by atoms with Gasteiger partial charge in [-0.1, -0.05) is 40.6 Å². The summed E-state index contributed by atoms with van der Waals surface area (Å²) in [4.78, 5) is 4.81. The summed E-state index contributed by atoms with van der Waals surface area (Å²) >= 11 is 0. The van der Waals surface area contributed by atoms with Gasteiger partial charge in [0, 0.05) is 15.8 Å². The van der Waals surface area contributed by atoms with Crippen molar-refractivity contribution < 1.29 is 0 Å². The number of hydrogen-bond acceptors (Lipinski definition) is 1. The van der Waals surface area contributed by atoms with Crippen LogP contribution in [0.3, 0.4) is 0 Å². The van der Waals surface area contributed by atoms with E-state index in [2.05, 4.69) is 62.4 Å². The molecule has 0 N–H and O–H groups in total. The molecule has 0 unspecified atom stereocenters. The molecule has 1 aromatic heterocycles. The maximum Gasteiger partial charge on any atom is 0.0709 e. The third-order valence-corrected chi connectivity index (χ3v) is 4.34. The molecule has 0 aliphatic rings. The first-order valence-electron chi connectivity index (χ1n) is 6.58. The van der Waals surface area contributed by atoms with Crippen molar-refractivity contribution in [3.63, 3.8) is 0 Å². The van der Waals surface area contributed by atoms with Gasteiger partial charge in [0.25, 0.3) is 0 Å². The molecule has 2 aromatic carbocycles. The van der Waals surface area contributed by atoms with Gasteiger partial charge in [0.1, 0.15) is 0 Å². The predicted molar refractivity (Wildman–Crippen MR) is 86.2 cm³/mol. The zero-order chi connectivity index (χ0) is 13.4. The fraction of sp³-hybridized carbons (Fsp3) is 0.118. The highest BCUT2D eigenvalue weighted by Gasteiger charge is 2.04.